The molecule has 3 unspecified atom stereocenters. The van der Waals surface area contributed by atoms with Gasteiger partial charge in [-0.3, -0.25) is 0 Å². The fraction of sp³-hybridized carbons (Fsp3) is 1.00. The third kappa shape index (κ3) is 5.31. The first-order valence-corrected chi connectivity index (χ1v) is 6.27. The van der Waals surface area contributed by atoms with Crippen molar-refractivity contribution in [2.45, 2.75) is 38.1 Å². The largest absolute Gasteiger partial charge is 0.390 e. The predicted octanol–water partition coefficient (Wildman–Crippen LogP) is 0.594. The second-order valence-corrected chi connectivity index (χ2v) is 4.09. The highest BCUT2D eigenvalue weighted by molar-refractivity contribution is 4.91. The van der Waals surface area contributed by atoms with Gasteiger partial charge in [-0.15, -0.1) is 0 Å². The summed E-state index contributed by atoms with van der Waals surface area (Å²) in [6.45, 7) is 5.11. The van der Waals surface area contributed by atoms with Crippen LogP contribution in [0.4, 0.5) is 0 Å². The molecule has 0 radical (unpaired) electrons. The van der Waals surface area contributed by atoms with Crippen LogP contribution in [0.15, 0.2) is 0 Å². The number of ether oxygens (including phenoxy) is 4. The van der Waals surface area contributed by atoms with Crippen LogP contribution in [0.3, 0.4) is 0 Å². The van der Waals surface area contributed by atoms with Crippen LogP contribution in [-0.4, -0.2) is 63.6 Å². The van der Waals surface area contributed by atoms with Crippen molar-refractivity contribution in [1.29, 1.82) is 0 Å². The van der Waals surface area contributed by atoms with Crippen molar-refractivity contribution in [3.63, 3.8) is 0 Å². The first kappa shape index (κ1) is 14.9. The Morgan fingerprint density at radius 2 is 1.94 bits per heavy atom. The van der Waals surface area contributed by atoms with E-state index in [-0.39, 0.29) is 18.3 Å². The maximum absolute atomic E-state index is 9.47. The lowest BCUT2D eigenvalue weighted by atomic mass is 9.88. The molecule has 3 atom stereocenters. The van der Waals surface area contributed by atoms with Crippen LogP contribution in [0.2, 0.25) is 0 Å². The number of aliphatic hydroxyl groups excluding tert-OH is 1. The quantitative estimate of drug-likeness (QED) is 0.574. The average Bonchev–Trinajstić information content (AvgIpc) is 2.33. The van der Waals surface area contributed by atoms with Gasteiger partial charge in [0.2, 0.25) is 0 Å². The molecule has 5 nitrogen and oxygen atoms in total. The number of methoxy groups -OCH3 is 1. The third-order valence-corrected chi connectivity index (χ3v) is 2.78. The number of rotatable bonds is 10. The van der Waals surface area contributed by atoms with E-state index in [0.29, 0.717) is 39.5 Å². The van der Waals surface area contributed by atoms with Crippen LogP contribution in [0, 0.1) is 0 Å². The van der Waals surface area contributed by atoms with E-state index in [1.54, 1.807) is 7.11 Å². The zero-order valence-corrected chi connectivity index (χ0v) is 10.8. The van der Waals surface area contributed by atoms with Crippen molar-refractivity contribution in [1.82, 2.24) is 0 Å². The summed E-state index contributed by atoms with van der Waals surface area (Å²) >= 11 is 0. The second kappa shape index (κ2) is 8.83. The number of hydrogen-bond acceptors (Lipinski definition) is 5. The van der Waals surface area contributed by atoms with Crippen molar-refractivity contribution < 1.29 is 24.1 Å². The van der Waals surface area contributed by atoms with E-state index in [2.05, 4.69) is 0 Å². The molecule has 0 spiro atoms. The van der Waals surface area contributed by atoms with E-state index in [0.717, 1.165) is 6.42 Å². The van der Waals surface area contributed by atoms with Gasteiger partial charge < -0.3 is 24.1 Å². The van der Waals surface area contributed by atoms with Crippen molar-refractivity contribution in [3.8, 4) is 0 Å². The molecule has 1 aliphatic carbocycles. The number of hydrogen-bond donors (Lipinski definition) is 1. The highest BCUT2D eigenvalue weighted by atomic mass is 16.6. The fourth-order valence-electron chi connectivity index (χ4n) is 1.77. The molecule has 0 saturated heterocycles. The Balaban J connectivity index is 1.92. The summed E-state index contributed by atoms with van der Waals surface area (Å²) in [6.07, 6.45) is 1.07. The van der Waals surface area contributed by atoms with Crippen molar-refractivity contribution in [3.05, 3.63) is 0 Å². The number of aliphatic hydroxyl groups is 1. The van der Waals surface area contributed by atoms with Crippen molar-refractivity contribution in [2.75, 3.05) is 40.1 Å². The summed E-state index contributed by atoms with van der Waals surface area (Å²) in [7, 11) is 1.66. The molecule has 17 heavy (non-hydrogen) atoms. The topological polar surface area (TPSA) is 57.2 Å². The molecule has 1 fully saturated rings. The summed E-state index contributed by atoms with van der Waals surface area (Å²) in [6, 6.07) is 0. The van der Waals surface area contributed by atoms with Crippen LogP contribution in [0.5, 0.6) is 0 Å². The monoisotopic (exact) mass is 248 g/mol. The highest BCUT2D eigenvalue weighted by Gasteiger charge is 2.41. The fourth-order valence-corrected chi connectivity index (χ4v) is 1.77. The van der Waals surface area contributed by atoms with E-state index in [4.69, 9.17) is 18.9 Å². The summed E-state index contributed by atoms with van der Waals surface area (Å²) in [5.41, 5.74) is 0. The van der Waals surface area contributed by atoms with Gasteiger partial charge in [-0.2, -0.15) is 0 Å². The normalized spacial score (nSPS) is 28.1. The Hall–Kier alpha value is -0.200. The predicted molar refractivity (Wildman–Crippen MR) is 63.1 cm³/mol. The second-order valence-electron chi connectivity index (χ2n) is 4.09. The van der Waals surface area contributed by atoms with Crippen molar-refractivity contribution in [2.24, 2.45) is 0 Å². The minimum atomic E-state index is -0.363. The maximum Gasteiger partial charge on any atom is 0.110 e. The molecule has 0 aromatic carbocycles. The first-order chi connectivity index (χ1) is 8.29. The molecule has 1 rings (SSSR count). The van der Waals surface area contributed by atoms with E-state index < -0.39 is 0 Å². The maximum atomic E-state index is 9.47. The molecule has 1 aliphatic rings. The molecule has 0 bridgehead atoms. The molecule has 0 aromatic rings. The summed E-state index contributed by atoms with van der Waals surface area (Å²) in [4.78, 5) is 0. The molecule has 1 saturated carbocycles. The summed E-state index contributed by atoms with van der Waals surface area (Å²) in [5.74, 6) is 0. The van der Waals surface area contributed by atoms with Crippen LogP contribution >= 0.6 is 0 Å². The Kier molecular flexibility index (Phi) is 7.72. The Morgan fingerprint density at radius 3 is 2.59 bits per heavy atom. The molecular weight excluding hydrogens is 224 g/mol. The zero-order valence-electron chi connectivity index (χ0n) is 10.8. The average molecular weight is 248 g/mol. The van der Waals surface area contributed by atoms with Crippen LogP contribution in [0.25, 0.3) is 0 Å². The molecule has 0 aromatic heterocycles. The lowest BCUT2D eigenvalue weighted by Gasteiger charge is -2.40. The molecule has 1 N–H and O–H groups in total. The minimum Gasteiger partial charge on any atom is -0.390 e. The first-order valence-electron chi connectivity index (χ1n) is 6.27. The Bertz CT molecular complexity index is 188. The van der Waals surface area contributed by atoms with Gasteiger partial charge in [-0.1, -0.05) is 0 Å². The van der Waals surface area contributed by atoms with Crippen molar-refractivity contribution >= 4 is 0 Å². The van der Waals surface area contributed by atoms with Crippen LogP contribution < -0.4 is 0 Å². The molecule has 102 valence electrons. The van der Waals surface area contributed by atoms with Crippen LogP contribution in [0.1, 0.15) is 19.8 Å². The van der Waals surface area contributed by atoms with Gasteiger partial charge in [-0.25, -0.2) is 0 Å². The van der Waals surface area contributed by atoms with Gasteiger partial charge in [0.1, 0.15) is 6.10 Å². The lowest BCUT2D eigenvalue weighted by Crippen LogP contribution is -2.53. The standard InChI is InChI=1S/C12H24O5/c1-3-16-12-10(13)9-11(12)17-6-4-5-15-8-7-14-2/h10-13H,3-9H2,1-2H3. The van der Waals surface area contributed by atoms with Gasteiger partial charge in [0.25, 0.3) is 0 Å². The van der Waals surface area contributed by atoms with Gasteiger partial charge in [0.05, 0.1) is 25.4 Å². The smallest absolute Gasteiger partial charge is 0.110 e. The third-order valence-electron chi connectivity index (χ3n) is 2.78. The Morgan fingerprint density at radius 1 is 1.12 bits per heavy atom. The SMILES string of the molecule is CCOC1C(O)CC1OCCCOCCOC. The zero-order chi connectivity index (χ0) is 12.5. The van der Waals surface area contributed by atoms with Gasteiger partial charge in [-0.05, 0) is 13.3 Å². The summed E-state index contributed by atoms with van der Waals surface area (Å²) in [5, 5.41) is 9.47. The summed E-state index contributed by atoms with van der Waals surface area (Å²) < 4.78 is 21.2. The molecule has 0 amide bonds. The van der Waals surface area contributed by atoms with Gasteiger partial charge in [0, 0.05) is 33.4 Å². The van der Waals surface area contributed by atoms with Gasteiger partial charge >= 0.3 is 0 Å². The van der Waals surface area contributed by atoms with Crippen LogP contribution in [-0.2, 0) is 18.9 Å². The van der Waals surface area contributed by atoms with E-state index in [9.17, 15) is 5.11 Å². The molecule has 0 heterocycles. The van der Waals surface area contributed by atoms with Gasteiger partial charge in [0.15, 0.2) is 0 Å². The highest BCUT2D eigenvalue weighted by Crippen LogP contribution is 2.27. The van der Waals surface area contributed by atoms with E-state index in [1.165, 1.54) is 0 Å². The molecule has 0 aliphatic heterocycles. The lowest BCUT2D eigenvalue weighted by molar-refractivity contribution is -0.191. The van der Waals surface area contributed by atoms with E-state index in [1.807, 2.05) is 6.92 Å². The minimum absolute atomic E-state index is 0.0453. The molecular formula is C12H24O5. The molecule has 5 heteroatoms. The van der Waals surface area contributed by atoms with E-state index >= 15 is 0 Å². The Labute approximate surface area is 103 Å².